The zero-order chi connectivity index (χ0) is 22.0. The summed E-state index contributed by atoms with van der Waals surface area (Å²) in [6.45, 7) is 6.37. The molecule has 7 heteroatoms. The largest absolute Gasteiger partial charge is 0.323 e. The summed E-state index contributed by atoms with van der Waals surface area (Å²) in [5.41, 5.74) is 5.37. The van der Waals surface area contributed by atoms with Gasteiger partial charge < -0.3 is 10.6 Å². The fourth-order valence-corrected chi connectivity index (χ4v) is 3.24. The number of nitrogens with zero attached hydrogens (tertiary/aromatic N) is 3. The number of nitriles is 1. The maximum absolute atomic E-state index is 12.3. The van der Waals surface area contributed by atoms with E-state index in [1.807, 2.05) is 24.3 Å². The van der Waals surface area contributed by atoms with Gasteiger partial charge in [0.05, 0.1) is 17.8 Å². The number of pyridine rings is 1. The minimum Gasteiger partial charge on any atom is -0.308 e. The number of fused-ring (bicyclic) bond motifs is 1. The smallest absolute Gasteiger partial charge is 0.308 e. The molecule has 0 bridgehead atoms. The lowest BCUT2D eigenvalue weighted by molar-refractivity contribution is 0.262. The van der Waals surface area contributed by atoms with E-state index in [2.05, 4.69) is 53.7 Å². The Morgan fingerprint density at radius 1 is 1.03 bits per heavy atom. The van der Waals surface area contributed by atoms with E-state index in [-0.39, 0.29) is 11.4 Å². The molecule has 0 aliphatic rings. The predicted molar refractivity (Wildman–Crippen MR) is 122 cm³/mol. The summed E-state index contributed by atoms with van der Waals surface area (Å²) in [6.07, 6.45) is 1.78. The highest BCUT2D eigenvalue weighted by Crippen LogP contribution is 2.32. The van der Waals surface area contributed by atoms with E-state index in [0.29, 0.717) is 16.9 Å². The first-order valence-electron chi connectivity index (χ1n) is 9.87. The van der Waals surface area contributed by atoms with Crippen LogP contribution >= 0.6 is 0 Å². The van der Waals surface area contributed by atoms with Crippen LogP contribution < -0.4 is 10.6 Å². The zero-order valence-corrected chi connectivity index (χ0v) is 17.5. The third kappa shape index (κ3) is 4.38. The van der Waals surface area contributed by atoms with Crippen LogP contribution in [-0.2, 0) is 5.41 Å². The minimum absolute atomic E-state index is 0.101. The second kappa shape index (κ2) is 7.92. The molecule has 0 unspecified atom stereocenters. The number of carbonyl (C=O) groups excluding carboxylic acids is 1. The summed E-state index contributed by atoms with van der Waals surface area (Å²) in [4.78, 5) is 17.0. The van der Waals surface area contributed by atoms with Crippen molar-refractivity contribution < 1.29 is 4.79 Å². The molecule has 0 radical (unpaired) electrons. The summed E-state index contributed by atoms with van der Waals surface area (Å²) in [5, 5.41) is 22.6. The normalized spacial score (nSPS) is 11.2. The van der Waals surface area contributed by atoms with Crippen molar-refractivity contribution in [1.82, 2.24) is 15.2 Å². The lowest BCUT2D eigenvalue weighted by Gasteiger charge is -2.19. The van der Waals surface area contributed by atoms with Crippen molar-refractivity contribution in [2.45, 2.75) is 26.2 Å². The molecule has 0 fully saturated rings. The first kappa shape index (κ1) is 20.1. The number of aromatic amines is 1. The van der Waals surface area contributed by atoms with Crippen LogP contribution in [0.5, 0.6) is 0 Å². The van der Waals surface area contributed by atoms with Crippen LogP contribution in [0, 0.1) is 11.3 Å². The predicted octanol–water partition coefficient (Wildman–Crippen LogP) is 5.44. The molecule has 0 atom stereocenters. The molecule has 0 aliphatic carbocycles. The third-order valence-electron chi connectivity index (χ3n) is 4.89. The average Bonchev–Trinajstić information content (AvgIpc) is 3.22. The van der Waals surface area contributed by atoms with Crippen LogP contribution in [-0.4, -0.2) is 21.2 Å². The fraction of sp³-hybridized carbons (Fsp3) is 0.167. The highest BCUT2D eigenvalue weighted by atomic mass is 16.2. The zero-order valence-electron chi connectivity index (χ0n) is 17.5. The van der Waals surface area contributed by atoms with E-state index >= 15 is 0 Å². The molecule has 2 aromatic carbocycles. The maximum atomic E-state index is 12.3. The van der Waals surface area contributed by atoms with Gasteiger partial charge in [0.2, 0.25) is 0 Å². The minimum atomic E-state index is -0.376. The number of rotatable bonds is 3. The Hall–Kier alpha value is -4.18. The average molecular weight is 410 g/mol. The van der Waals surface area contributed by atoms with Crippen molar-refractivity contribution in [2.75, 3.05) is 10.6 Å². The first-order valence-corrected chi connectivity index (χ1v) is 9.87. The van der Waals surface area contributed by atoms with Gasteiger partial charge in [-0.3, -0.25) is 5.10 Å². The lowest BCUT2D eigenvalue weighted by Crippen LogP contribution is -2.19. The van der Waals surface area contributed by atoms with E-state index in [1.165, 1.54) is 0 Å². The molecule has 154 valence electrons. The van der Waals surface area contributed by atoms with Crippen LogP contribution in [0.25, 0.3) is 22.2 Å². The van der Waals surface area contributed by atoms with Crippen LogP contribution in [0.3, 0.4) is 0 Å². The number of benzene rings is 2. The van der Waals surface area contributed by atoms with Gasteiger partial charge in [0.15, 0.2) is 5.65 Å². The Labute approximate surface area is 180 Å². The van der Waals surface area contributed by atoms with Gasteiger partial charge in [0, 0.05) is 27.9 Å². The van der Waals surface area contributed by atoms with E-state index in [0.717, 1.165) is 27.9 Å². The summed E-state index contributed by atoms with van der Waals surface area (Å²) in [6, 6.07) is 18.1. The first-order chi connectivity index (χ1) is 14.8. The standard InChI is InChI=1S/C24H22N6O/c1-24(2,3)21-12-19(20-14-26-30-22(20)29-21)16-7-9-17(10-8-16)27-23(31)28-18-6-4-5-15(11-18)13-25/h4-12,14H,1-3H3,(H,26,29,30)(H2,27,28,31). The number of carbonyl (C=O) groups is 1. The van der Waals surface area contributed by atoms with Crippen molar-refractivity contribution in [3.8, 4) is 17.2 Å². The molecular weight excluding hydrogens is 388 g/mol. The SMILES string of the molecule is CC(C)(C)c1cc(-c2ccc(NC(=O)Nc3cccc(C#N)c3)cc2)c2cn[nH]c2n1. The topological polar surface area (TPSA) is 106 Å². The van der Waals surface area contributed by atoms with Crippen LogP contribution in [0.1, 0.15) is 32.0 Å². The molecule has 2 aromatic heterocycles. The Morgan fingerprint density at radius 2 is 1.77 bits per heavy atom. The number of hydrogen-bond donors (Lipinski definition) is 3. The molecule has 0 saturated heterocycles. The van der Waals surface area contributed by atoms with Gasteiger partial charge in [0.25, 0.3) is 0 Å². The van der Waals surface area contributed by atoms with Crippen molar-refractivity contribution in [2.24, 2.45) is 0 Å². The second-order valence-electron chi connectivity index (χ2n) is 8.29. The van der Waals surface area contributed by atoms with E-state index in [4.69, 9.17) is 10.2 Å². The quantitative estimate of drug-likeness (QED) is 0.418. The lowest BCUT2D eigenvalue weighted by atomic mass is 9.89. The van der Waals surface area contributed by atoms with Gasteiger partial charge in [0.1, 0.15) is 0 Å². The molecule has 0 aliphatic heterocycles. The van der Waals surface area contributed by atoms with E-state index in [9.17, 15) is 4.79 Å². The molecular formula is C24H22N6O. The Bertz CT molecular complexity index is 1290. The van der Waals surface area contributed by atoms with Gasteiger partial charge >= 0.3 is 6.03 Å². The molecule has 7 nitrogen and oxygen atoms in total. The number of nitrogens with one attached hydrogen (secondary N) is 3. The van der Waals surface area contributed by atoms with Gasteiger partial charge in [-0.25, -0.2) is 9.78 Å². The number of anilines is 2. The van der Waals surface area contributed by atoms with Gasteiger partial charge in [-0.1, -0.05) is 39.0 Å². The number of hydrogen-bond acceptors (Lipinski definition) is 4. The second-order valence-corrected chi connectivity index (χ2v) is 8.29. The molecule has 4 rings (SSSR count). The number of H-pyrrole nitrogens is 1. The van der Waals surface area contributed by atoms with Crippen molar-refractivity contribution in [1.29, 1.82) is 5.26 Å². The van der Waals surface area contributed by atoms with Gasteiger partial charge in [-0.15, -0.1) is 0 Å². The number of amides is 2. The Morgan fingerprint density at radius 3 is 2.48 bits per heavy atom. The maximum Gasteiger partial charge on any atom is 0.323 e. The van der Waals surface area contributed by atoms with Crippen LogP contribution in [0.15, 0.2) is 60.8 Å². The molecule has 3 N–H and O–H groups in total. The molecule has 0 saturated carbocycles. The van der Waals surface area contributed by atoms with Crippen LogP contribution in [0.2, 0.25) is 0 Å². The van der Waals surface area contributed by atoms with Crippen molar-refractivity contribution in [3.05, 3.63) is 72.1 Å². The molecule has 4 aromatic rings. The third-order valence-corrected chi connectivity index (χ3v) is 4.89. The molecule has 31 heavy (non-hydrogen) atoms. The van der Waals surface area contributed by atoms with E-state index in [1.54, 1.807) is 30.5 Å². The van der Waals surface area contributed by atoms with Crippen molar-refractivity contribution in [3.63, 3.8) is 0 Å². The fourth-order valence-electron chi connectivity index (χ4n) is 3.24. The van der Waals surface area contributed by atoms with E-state index < -0.39 is 0 Å². The molecule has 2 amide bonds. The Kier molecular flexibility index (Phi) is 5.14. The summed E-state index contributed by atoms with van der Waals surface area (Å²) in [7, 11) is 0. The number of aromatic nitrogens is 3. The molecule has 0 spiro atoms. The van der Waals surface area contributed by atoms with Crippen LogP contribution in [0.4, 0.5) is 16.2 Å². The highest BCUT2D eigenvalue weighted by Gasteiger charge is 2.19. The Balaban J connectivity index is 1.55. The summed E-state index contributed by atoms with van der Waals surface area (Å²) in [5.74, 6) is 0. The molecule has 2 heterocycles. The monoisotopic (exact) mass is 410 g/mol. The van der Waals surface area contributed by atoms with Crippen molar-refractivity contribution >= 4 is 28.4 Å². The van der Waals surface area contributed by atoms with Gasteiger partial charge in [-0.2, -0.15) is 10.4 Å². The summed E-state index contributed by atoms with van der Waals surface area (Å²) < 4.78 is 0. The number of urea groups is 1. The van der Waals surface area contributed by atoms with Gasteiger partial charge in [-0.05, 0) is 47.5 Å². The summed E-state index contributed by atoms with van der Waals surface area (Å²) >= 11 is 0. The highest BCUT2D eigenvalue weighted by molar-refractivity contribution is 6.00.